The highest BCUT2D eigenvalue weighted by atomic mass is 35.5. The largest absolute Gasteiger partial charge is 0.459 e. The number of hydrogen-bond acceptors (Lipinski definition) is 5. The topological polar surface area (TPSA) is 74.0 Å². The molecule has 0 bridgehead atoms. The normalized spacial score (nSPS) is 25.3. The summed E-state index contributed by atoms with van der Waals surface area (Å²) in [4.78, 5) is 29.9. The number of likely N-dealkylation sites (tertiary alicyclic amines) is 2. The van der Waals surface area contributed by atoms with Crippen LogP contribution < -0.4 is 0 Å². The Labute approximate surface area is 166 Å². The molecule has 4 rings (SSSR count). The number of nitrogens with zero attached hydrogens (tertiary/aromatic N) is 2. The second-order valence-electron chi connectivity index (χ2n) is 7.21. The lowest BCUT2D eigenvalue weighted by molar-refractivity contribution is -0.0582. The number of halogens is 1. The fourth-order valence-corrected chi connectivity index (χ4v) is 5.41. The Bertz CT molecular complexity index is 837. The summed E-state index contributed by atoms with van der Waals surface area (Å²) in [6.45, 7) is 1.53. The molecule has 144 valence electrons. The molecular weight excluding hydrogens is 388 g/mol. The van der Waals surface area contributed by atoms with Gasteiger partial charge in [-0.1, -0.05) is 11.6 Å². The van der Waals surface area contributed by atoms with Crippen LogP contribution in [0, 0.1) is 5.41 Å². The molecular formula is C19H21ClN2O4S. The maximum absolute atomic E-state index is 13.1. The number of aliphatic hydroxyl groups is 1. The average Bonchev–Trinajstić information content (AvgIpc) is 3.37. The minimum Gasteiger partial charge on any atom is -0.459 e. The Hall–Kier alpha value is -1.83. The molecule has 27 heavy (non-hydrogen) atoms. The number of carbonyl (C=O) groups excluding carboxylic acids is 2. The summed E-state index contributed by atoms with van der Waals surface area (Å²) in [6.07, 6.45) is 3.81. The highest BCUT2D eigenvalue weighted by Crippen LogP contribution is 2.43. The van der Waals surface area contributed by atoms with E-state index in [-0.39, 0.29) is 29.9 Å². The molecule has 2 aliphatic rings. The van der Waals surface area contributed by atoms with Gasteiger partial charge in [-0.2, -0.15) is 0 Å². The average molecular weight is 409 g/mol. The molecule has 2 saturated heterocycles. The number of fused-ring (bicyclic) bond motifs is 1. The van der Waals surface area contributed by atoms with Crippen LogP contribution in [0.25, 0.3) is 0 Å². The van der Waals surface area contributed by atoms with Crippen LogP contribution in [-0.2, 0) is 0 Å². The lowest BCUT2D eigenvalue weighted by Crippen LogP contribution is -2.64. The molecule has 6 nitrogen and oxygen atoms in total. The van der Waals surface area contributed by atoms with E-state index in [1.807, 2.05) is 0 Å². The number of carbonyl (C=O) groups is 2. The third kappa shape index (κ3) is 3.17. The van der Waals surface area contributed by atoms with Gasteiger partial charge in [0.2, 0.25) is 0 Å². The Morgan fingerprint density at radius 3 is 2.81 bits per heavy atom. The van der Waals surface area contributed by atoms with E-state index in [9.17, 15) is 14.7 Å². The van der Waals surface area contributed by atoms with Crippen LogP contribution in [0.3, 0.4) is 0 Å². The molecule has 0 unspecified atom stereocenters. The van der Waals surface area contributed by atoms with Crippen molar-refractivity contribution >= 4 is 34.8 Å². The summed E-state index contributed by atoms with van der Waals surface area (Å²) in [5.74, 6) is -0.00928. The second-order valence-corrected chi connectivity index (χ2v) is 8.54. The van der Waals surface area contributed by atoms with Crippen LogP contribution in [0.2, 0.25) is 5.02 Å². The monoisotopic (exact) mass is 408 g/mol. The zero-order valence-electron chi connectivity index (χ0n) is 14.8. The molecule has 2 aliphatic heterocycles. The Morgan fingerprint density at radius 1 is 1.30 bits per heavy atom. The van der Waals surface area contributed by atoms with E-state index >= 15 is 0 Å². The molecule has 2 aromatic heterocycles. The summed E-state index contributed by atoms with van der Waals surface area (Å²) in [5.41, 5.74) is -0.377. The Balaban J connectivity index is 1.62. The van der Waals surface area contributed by atoms with Gasteiger partial charge in [-0.25, -0.2) is 0 Å². The number of amides is 2. The van der Waals surface area contributed by atoms with E-state index in [1.165, 1.54) is 17.6 Å². The van der Waals surface area contributed by atoms with Crippen LogP contribution in [0.1, 0.15) is 39.5 Å². The third-order valence-corrected chi connectivity index (χ3v) is 7.17. The first-order valence-corrected chi connectivity index (χ1v) is 10.3. The van der Waals surface area contributed by atoms with Crippen LogP contribution in [0.15, 0.2) is 34.3 Å². The Morgan fingerprint density at radius 2 is 2.15 bits per heavy atom. The van der Waals surface area contributed by atoms with Crippen molar-refractivity contribution in [2.75, 3.05) is 26.2 Å². The summed E-state index contributed by atoms with van der Waals surface area (Å²) in [7, 11) is 0. The van der Waals surface area contributed by atoms with Gasteiger partial charge >= 0.3 is 0 Å². The smallest absolute Gasteiger partial charge is 0.289 e. The lowest BCUT2D eigenvalue weighted by Gasteiger charge is -2.54. The van der Waals surface area contributed by atoms with Gasteiger partial charge in [0.1, 0.15) is 4.88 Å². The molecule has 0 aromatic carbocycles. The van der Waals surface area contributed by atoms with Gasteiger partial charge in [-0.3, -0.25) is 9.59 Å². The van der Waals surface area contributed by atoms with Gasteiger partial charge in [0.25, 0.3) is 11.8 Å². The standard InChI is InChI=1S/C19H21ClN2O4S/c20-13-4-10-27-16(13)18(25)22-7-2-5-19(12-23)6-8-21(11-15(19)22)17(24)14-3-1-9-26-14/h1,3-4,9-10,15,23H,2,5-8,11-12H2/t15-,19-/m0/s1. The number of furan rings is 1. The molecule has 2 atom stereocenters. The van der Waals surface area contributed by atoms with Crippen LogP contribution in [0.4, 0.5) is 0 Å². The van der Waals surface area contributed by atoms with Gasteiger partial charge < -0.3 is 19.3 Å². The van der Waals surface area contributed by atoms with Gasteiger partial charge in [0.05, 0.1) is 23.9 Å². The summed E-state index contributed by atoms with van der Waals surface area (Å²) >= 11 is 7.50. The first kappa shape index (κ1) is 18.5. The number of piperidine rings is 2. The minimum absolute atomic E-state index is 0.00238. The molecule has 0 radical (unpaired) electrons. The molecule has 0 spiro atoms. The van der Waals surface area contributed by atoms with Crippen molar-refractivity contribution < 1.29 is 19.1 Å². The van der Waals surface area contributed by atoms with Gasteiger partial charge in [-0.15, -0.1) is 11.3 Å². The molecule has 4 heterocycles. The van der Waals surface area contributed by atoms with Crippen LogP contribution in [-0.4, -0.2) is 59.0 Å². The number of aliphatic hydroxyl groups excluding tert-OH is 1. The highest BCUT2D eigenvalue weighted by molar-refractivity contribution is 7.12. The molecule has 0 aliphatic carbocycles. The van der Waals surface area contributed by atoms with E-state index in [2.05, 4.69) is 0 Å². The van der Waals surface area contributed by atoms with E-state index in [1.54, 1.807) is 33.4 Å². The predicted octanol–water partition coefficient (Wildman–Crippen LogP) is 3.12. The number of thiophene rings is 1. The van der Waals surface area contributed by atoms with Crippen molar-refractivity contribution in [2.45, 2.75) is 25.3 Å². The van der Waals surface area contributed by atoms with E-state index in [0.29, 0.717) is 41.7 Å². The molecule has 2 aromatic rings. The van der Waals surface area contributed by atoms with Crippen molar-refractivity contribution in [1.82, 2.24) is 9.80 Å². The zero-order valence-corrected chi connectivity index (χ0v) is 16.3. The maximum atomic E-state index is 13.1. The molecule has 2 fully saturated rings. The predicted molar refractivity (Wildman–Crippen MR) is 102 cm³/mol. The summed E-state index contributed by atoms with van der Waals surface area (Å²) in [6, 6.07) is 4.81. The van der Waals surface area contributed by atoms with Crippen LogP contribution in [0.5, 0.6) is 0 Å². The third-order valence-electron chi connectivity index (χ3n) is 5.84. The number of hydrogen-bond donors (Lipinski definition) is 1. The van der Waals surface area contributed by atoms with E-state index in [0.717, 1.165) is 12.8 Å². The molecule has 8 heteroatoms. The van der Waals surface area contributed by atoms with Crippen LogP contribution >= 0.6 is 22.9 Å². The minimum atomic E-state index is -0.377. The highest BCUT2D eigenvalue weighted by Gasteiger charge is 2.50. The van der Waals surface area contributed by atoms with Gasteiger partial charge in [-0.05, 0) is 42.8 Å². The maximum Gasteiger partial charge on any atom is 0.289 e. The van der Waals surface area contributed by atoms with Crippen molar-refractivity contribution in [3.63, 3.8) is 0 Å². The number of rotatable bonds is 3. The van der Waals surface area contributed by atoms with Gasteiger partial charge in [0.15, 0.2) is 5.76 Å². The van der Waals surface area contributed by atoms with Gasteiger partial charge in [0, 0.05) is 25.0 Å². The molecule has 2 amide bonds. The van der Waals surface area contributed by atoms with Crippen molar-refractivity contribution in [3.8, 4) is 0 Å². The fraction of sp³-hybridized carbons (Fsp3) is 0.474. The first-order chi connectivity index (χ1) is 13.1. The quantitative estimate of drug-likeness (QED) is 0.846. The lowest BCUT2D eigenvalue weighted by atomic mass is 9.69. The molecule has 0 saturated carbocycles. The molecule has 1 N–H and O–H groups in total. The summed E-state index contributed by atoms with van der Waals surface area (Å²) in [5, 5.41) is 12.4. The fourth-order valence-electron chi connectivity index (χ4n) is 4.32. The van der Waals surface area contributed by atoms with E-state index < -0.39 is 0 Å². The van der Waals surface area contributed by atoms with Crippen molar-refractivity contribution in [1.29, 1.82) is 0 Å². The van der Waals surface area contributed by atoms with Crippen molar-refractivity contribution in [3.05, 3.63) is 45.5 Å². The first-order valence-electron chi connectivity index (χ1n) is 9.03. The summed E-state index contributed by atoms with van der Waals surface area (Å²) < 4.78 is 5.25. The van der Waals surface area contributed by atoms with Crippen molar-refractivity contribution in [2.24, 2.45) is 5.41 Å². The Kier molecular flexibility index (Phi) is 5.01. The second kappa shape index (κ2) is 7.30. The SMILES string of the molecule is O=C(c1ccco1)N1CC[C@]2(CO)CCCN(C(=O)c3sccc3Cl)[C@H]2C1. The zero-order chi connectivity index (χ0) is 19.0. The van der Waals surface area contributed by atoms with E-state index in [4.69, 9.17) is 16.0 Å².